The standard InChI is InChI=1S/C25H22N6OS2/c1-15-4-3-5-18(12-15)23-29-30-25(31(23)26)33-14-22(32)27-19-9-7-17(8-10-19)24-28-20-11-6-16(2)13-21(20)34-24/h3-13H,14,26H2,1-2H3,(H,27,32). The van der Waals surface area contributed by atoms with Crippen molar-refractivity contribution < 1.29 is 4.79 Å². The Hall–Kier alpha value is -3.69. The molecule has 0 atom stereocenters. The number of nitrogens with two attached hydrogens (primary N) is 1. The van der Waals surface area contributed by atoms with Crippen molar-refractivity contribution >= 4 is 44.9 Å². The monoisotopic (exact) mass is 486 g/mol. The van der Waals surface area contributed by atoms with Crippen molar-refractivity contribution in [3.63, 3.8) is 0 Å². The van der Waals surface area contributed by atoms with Crippen LogP contribution in [0, 0.1) is 13.8 Å². The Morgan fingerprint density at radius 3 is 2.59 bits per heavy atom. The fourth-order valence-corrected chi connectivity index (χ4v) is 5.26. The average Bonchev–Trinajstić information content (AvgIpc) is 3.41. The van der Waals surface area contributed by atoms with E-state index in [9.17, 15) is 4.79 Å². The zero-order valence-corrected chi connectivity index (χ0v) is 20.3. The number of thioether (sulfide) groups is 1. The van der Waals surface area contributed by atoms with Crippen molar-refractivity contribution in [2.24, 2.45) is 0 Å². The normalized spacial score (nSPS) is 11.1. The highest BCUT2D eigenvalue weighted by atomic mass is 32.2. The lowest BCUT2D eigenvalue weighted by atomic mass is 10.1. The van der Waals surface area contributed by atoms with E-state index in [1.165, 1.54) is 26.7 Å². The first kappa shape index (κ1) is 22.1. The fourth-order valence-electron chi connectivity index (χ4n) is 3.54. The van der Waals surface area contributed by atoms with Gasteiger partial charge in [0.15, 0.2) is 5.82 Å². The minimum atomic E-state index is -0.145. The second kappa shape index (κ2) is 9.28. The summed E-state index contributed by atoms with van der Waals surface area (Å²) in [4.78, 5) is 17.2. The molecule has 0 saturated carbocycles. The van der Waals surface area contributed by atoms with Crippen LogP contribution in [0.1, 0.15) is 11.1 Å². The molecule has 170 valence electrons. The maximum Gasteiger partial charge on any atom is 0.234 e. The number of fused-ring (bicyclic) bond motifs is 1. The Morgan fingerprint density at radius 2 is 1.79 bits per heavy atom. The smallest absolute Gasteiger partial charge is 0.234 e. The van der Waals surface area contributed by atoms with Gasteiger partial charge in [0.25, 0.3) is 0 Å². The Bertz CT molecular complexity index is 1490. The summed E-state index contributed by atoms with van der Waals surface area (Å²) in [6.07, 6.45) is 0. The van der Waals surface area contributed by atoms with E-state index in [2.05, 4.69) is 34.6 Å². The maximum atomic E-state index is 12.5. The third-order valence-corrected chi connectivity index (χ3v) is 7.24. The molecule has 5 rings (SSSR count). The van der Waals surface area contributed by atoms with Crippen LogP contribution in [-0.2, 0) is 4.79 Å². The van der Waals surface area contributed by atoms with E-state index in [1.807, 2.05) is 61.5 Å². The fraction of sp³-hybridized carbons (Fsp3) is 0.120. The van der Waals surface area contributed by atoms with Crippen LogP contribution in [0.4, 0.5) is 5.69 Å². The molecule has 0 unspecified atom stereocenters. The van der Waals surface area contributed by atoms with Crippen molar-refractivity contribution in [1.82, 2.24) is 19.9 Å². The molecule has 0 aliphatic heterocycles. The third-order valence-electron chi connectivity index (χ3n) is 5.23. The van der Waals surface area contributed by atoms with E-state index in [-0.39, 0.29) is 11.7 Å². The summed E-state index contributed by atoms with van der Waals surface area (Å²) in [6.45, 7) is 4.09. The number of hydrogen-bond donors (Lipinski definition) is 2. The molecular formula is C25H22N6OS2. The molecule has 2 aromatic heterocycles. The number of rotatable bonds is 6. The van der Waals surface area contributed by atoms with Gasteiger partial charge in [-0.2, -0.15) is 0 Å². The first-order chi connectivity index (χ1) is 16.5. The molecule has 0 aliphatic rings. The average molecular weight is 487 g/mol. The van der Waals surface area contributed by atoms with Gasteiger partial charge >= 0.3 is 0 Å². The summed E-state index contributed by atoms with van der Waals surface area (Å²) in [5.74, 6) is 6.75. The van der Waals surface area contributed by atoms with Crippen LogP contribution in [0.3, 0.4) is 0 Å². The van der Waals surface area contributed by atoms with Gasteiger partial charge in [0.05, 0.1) is 16.0 Å². The van der Waals surface area contributed by atoms with E-state index in [0.29, 0.717) is 11.0 Å². The van der Waals surface area contributed by atoms with Crippen LogP contribution in [0.15, 0.2) is 71.9 Å². The second-order valence-corrected chi connectivity index (χ2v) is 9.92. The number of benzene rings is 3. The summed E-state index contributed by atoms with van der Waals surface area (Å²) in [5, 5.41) is 12.7. The Morgan fingerprint density at radius 1 is 1.00 bits per heavy atom. The van der Waals surface area contributed by atoms with Crippen molar-refractivity contribution in [3.05, 3.63) is 77.9 Å². The predicted octanol–water partition coefficient (Wildman–Crippen LogP) is 5.28. The molecule has 3 N–H and O–H groups in total. The van der Waals surface area contributed by atoms with E-state index in [0.717, 1.165) is 32.9 Å². The summed E-state index contributed by atoms with van der Waals surface area (Å²) >= 11 is 2.91. The van der Waals surface area contributed by atoms with Gasteiger partial charge in [-0.3, -0.25) is 4.79 Å². The molecular weight excluding hydrogens is 464 g/mol. The molecule has 7 nitrogen and oxygen atoms in total. The van der Waals surface area contributed by atoms with Gasteiger partial charge in [0, 0.05) is 16.8 Å². The number of nitrogens with one attached hydrogen (secondary N) is 1. The molecule has 0 radical (unpaired) electrons. The number of amides is 1. The summed E-state index contributed by atoms with van der Waals surface area (Å²) in [6, 6.07) is 21.9. The number of aromatic nitrogens is 4. The molecule has 5 aromatic rings. The Kier molecular flexibility index (Phi) is 6.04. The summed E-state index contributed by atoms with van der Waals surface area (Å²) in [7, 11) is 0. The zero-order valence-electron chi connectivity index (χ0n) is 18.6. The molecule has 9 heteroatoms. The Labute approximate surface area is 205 Å². The number of aryl methyl sites for hydroxylation is 2. The quantitative estimate of drug-likeness (QED) is 0.250. The first-order valence-electron chi connectivity index (χ1n) is 10.6. The third kappa shape index (κ3) is 4.66. The molecule has 0 saturated heterocycles. The summed E-state index contributed by atoms with van der Waals surface area (Å²) < 4.78 is 2.59. The maximum absolute atomic E-state index is 12.5. The Balaban J connectivity index is 1.21. The van der Waals surface area contributed by atoms with Gasteiger partial charge in [-0.15, -0.1) is 21.5 Å². The highest BCUT2D eigenvalue weighted by molar-refractivity contribution is 7.99. The van der Waals surface area contributed by atoms with Crippen molar-refractivity contribution in [1.29, 1.82) is 0 Å². The van der Waals surface area contributed by atoms with Crippen LogP contribution in [0.2, 0.25) is 0 Å². The van der Waals surface area contributed by atoms with Gasteiger partial charge < -0.3 is 11.2 Å². The number of nitrogen functional groups attached to an aromatic ring is 1. The highest BCUT2D eigenvalue weighted by Crippen LogP contribution is 2.31. The number of hydrogen-bond acceptors (Lipinski definition) is 7. The van der Waals surface area contributed by atoms with Crippen LogP contribution in [0.5, 0.6) is 0 Å². The lowest BCUT2D eigenvalue weighted by molar-refractivity contribution is -0.113. The number of anilines is 1. The lowest BCUT2D eigenvalue weighted by Gasteiger charge is -2.06. The number of carbonyl (C=O) groups is 1. The van der Waals surface area contributed by atoms with Gasteiger partial charge in [-0.1, -0.05) is 41.6 Å². The first-order valence-corrected chi connectivity index (χ1v) is 12.4. The predicted molar refractivity (Wildman–Crippen MR) is 139 cm³/mol. The highest BCUT2D eigenvalue weighted by Gasteiger charge is 2.14. The van der Waals surface area contributed by atoms with Crippen LogP contribution in [0.25, 0.3) is 32.2 Å². The van der Waals surface area contributed by atoms with E-state index in [4.69, 9.17) is 10.8 Å². The molecule has 0 bridgehead atoms. The lowest BCUT2D eigenvalue weighted by Crippen LogP contribution is -2.16. The van der Waals surface area contributed by atoms with Gasteiger partial charge in [0.2, 0.25) is 11.1 Å². The number of carbonyl (C=O) groups excluding carboxylic acids is 1. The molecule has 0 aliphatic carbocycles. The van der Waals surface area contributed by atoms with Crippen molar-refractivity contribution in [3.8, 4) is 22.0 Å². The largest absolute Gasteiger partial charge is 0.335 e. The second-order valence-electron chi connectivity index (χ2n) is 7.95. The minimum absolute atomic E-state index is 0.145. The molecule has 1 amide bonds. The van der Waals surface area contributed by atoms with E-state index in [1.54, 1.807) is 11.3 Å². The number of thiazole rings is 1. The molecule has 0 fully saturated rings. The molecule has 3 aromatic carbocycles. The van der Waals surface area contributed by atoms with Crippen molar-refractivity contribution in [2.45, 2.75) is 19.0 Å². The van der Waals surface area contributed by atoms with Crippen molar-refractivity contribution in [2.75, 3.05) is 16.9 Å². The number of nitrogens with zero attached hydrogens (tertiary/aromatic N) is 4. The van der Waals surface area contributed by atoms with Crippen LogP contribution in [-0.4, -0.2) is 31.5 Å². The van der Waals surface area contributed by atoms with E-state index >= 15 is 0 Å². The minimum Gasteiger partial charge on any atom is -0.335 e. The summed E-state index contributed by atoms with van der Waals surface area (Å²) in [5.41, 5.74) is 5.95. The topological polar surface area (TPSA) is 98.7 Å². The van der Waals surface area contributed by atoms with Gasteiger partial charge in [-0.05, 0) is 61.9 Å². The van der Waals surface area contributed by atoms with E-state index < -0.39 is 0 Å². The molecule has 2 heterocycles. The molecule has 0 spiro atoms. The SMILES string of the molecule is Cc1cccc(-c2nnc(SCC(=O)Nc3ccc(-c4nc5ccc(C)cc5s4)cc3)n2N)c1. The molecule has 34 heavy (non-hydrogen) atoms. The van der Waals surface area contributed by atoms with Crippen LogP contribution < -0.4 is 11.2 Å². The van der Waals surface area contributed by atoms with Gasteiger partial charge in [-0.25, -0.2) is 9.66 Å². The zero-order chi connectivity index (χ0) is 23.7. The van der Waals surface area contributed by atoms with Gasteiger partial charge in [0.1, 0.15) is 5.01 Å². The van der Waals surface area contributed by atoms with Crippen LogP contribution >= 0.6 is 23.1 Å².